The fraction of sp³-hybridized carbons (Fsp3) is 0.636. The van der Waals surface area contributed by atoms with Gasteiger partial charge in [0.2, 0.25) is 0 Å². The minimum absolute atomic E-state index is 0.142. The first-order valence-corrected chi connectivity index (χ1v) is 5.94. The van der Waals surface area contributed by atoms with Gasteiger partial charge in [-0.2, -0.15) is 0 Å². The Kier molecular flexibility index (Phi) is 2.64. The summed E-state index contributed by atoms with van der Waals surface area (Å²) in [6.07, 6.45) is 3.71. The van der Waals surface area contributed by atoms with Crippen molar-refractivity contribution >= 4 is 11.3 Å². The molecule has 0 amide bonds. The number of nitrogens with two attached hydrogens (primary N) is 1. The topological polar surface area (TPSA) is 46.2 Å². The highest BCUT2D eigenvalue weighted by Gasteiger charge is 2.28. The normalized spacial score (nSPS) is 19.4. The molecule has 14 heavy (non-hydrogen) atoms. The summed E-state index contributed by atoms with van der Waals surface area (Å²) in [5, 5.41) is 9.36. The Labute approximate surface area is 88.8 Å². The van der Waals surface area contributed by atoms with E-state index >= 15 is 0 Å². The van der Waals surface area contributed by atoms with Gasteiger partial charge in [-0.25, -0.2) is 0 Å². The minimum Gasteiger partial charge on any atom is -0.395 e. The maximum atomic E-state index is 9.36. The monoisotopic (exact) mass is 211 g/mol. The fourth-order valence-electron chi connectivity index (χ4n) is 1.87. The Hall–Kier alpha value is -0.380. The van der Waals surface area contributed by atoms with Gasteiger partial charge in [0.25, 0.3) is 0 Å². The summed E-state index contributed by atoms with van der Waals surface area (Å²) in [5.41, 5.74) is 6.97. The van der Waals surface area contributed by atoms with Crippen molar-refractivity contribution in [1.29, 1.82) is 0 Å². The van der Waals surface area contributed by atoms with Crippen LogP contribution in [-0.2, 0) is 18.3 Å². The summed E-state index contributed by atoms with van der Waals surface area (Å²) in [7, 11) is 0. The van der Waals surface area contributed by atoms with Crippen molar-refractivity contribution in [2.75, 3.05) is 13.2 Å². The summed E-state index contributed by atoms with van der Waals surface area (Å²) in [5.74, 6) is 0. The summed E-state index contributed by atoms with van der Waals surface area (Å²) in [6, 6.07) is 2.25. The molecule has 1 aromatic heterocycles. The number of rotatable bonds is 3. The van der Waals surface area contributed by atoms with Crippen LogP contribution in [0, 0.1) is 0 Å². The van der Waals surface area contributed by atoms with Crippen LogP contribution in [0.2, 0.25) is 0 Å². The SMILES string of the molecule is CC(CN)(CO)c1cc2c(s1)CCC2. The van der Waals surface area contributed by atoms with E-state index in [2.05, 4.69) is 6.07 Å². The first kappa shape index (κ1) is 10.1. The van der Waals surface area contributed by atoms with E-state index in [4.69, 9.17) is 5.73 Å². The third-order valence-electron chi connectivity index (χ3n) is 3.14. The van der Waals surface area contributed by atoms with Gasteiger partial charge in [0.05, 0.1) is 6.61 Å². The zero-order valence-corrected chi connectivity index (χ0v) is 9.36. The highest BCUT2D eigenvalue weighted by molar-refractivity contribution is 7.12. The second-order valence-corrected chi connectivity index (χ2v) is 5.47. The van der Waals surface area contributed by atoms with E-state index in [1.165, 1.54) is 34.6 Å². The summed E-state index contributed by atoms with van der Waals surface area (Å²) in [6.45, 7) is 2.69. The van der Waals surface area contributed by atoms with E-state index in [0.717, 1.165) is 0 Å². The van der Waals surface area contributed by atoms with Crippen molar-refractivity contribution in [3.63, 3.8) is 0 Å². The first-order chi connectivity index (χ1) is 6.69. The van der Waals surface area contributed by atoms with Crippen LogP contribution in [-0.4, -0.2) is 18.3 Å². The Balaban J connectivity index is 2.32. The van der Waals surface area contributed by atoms with Gasteiger partial charge in [-0.1, -0.05) is 6.92 Å². The first-order valence-electron chi connectivity index (χ1n) is 5.12. The molecule has 0 aromatic carbocycles. The van der Waals surface area contributed by atoms with Crippen LogP contribution in [0.25, 0.3) is 0 Å². The molecule has 2 rings (SSSR count). The average Bonchev–Trinajstić information content (AvgIpc) is 2.76. The standard InChI is InChI=1S/C11H17NOS/c1-11(6-12,7-13)10-5-8-3-2-4-9(8)14-10/h5,13H,2-4,6-7,12H2,1H3. The van der Waals surface area contributed by atoms with Gasteiger partial charge in [-0.05, 0) is 30.9 Å². The number of thiophene rings is 1. The lowest BCUT2D eigenvalue weighted by molar-refractivity contribution is 0.213. The van der Waals surface area contributed by atoms with E-state index in [1.54, 1.807) is 0 Å². The number of hydrogen-bond donors (Lipinski definition) is 2. The van der Waals surface area contributed by atoms with E-state index in [9.17, 15) is 5.11 Å². The van der Waals surface area contributed by atoms with Crippen LogP contribution in [0.15, 0.2) is 6.07 Å². The maximum absolute atomic E-state index is 9.36. The number of hydrogen-bond acceptors (Lipinski definition) is 3. The molecular formula is C11H17NOS. The molecule has 1 unspecified atom stereocenters. The zero-order chi connectivity index (χ0) is 10.2. The van der Waals surface area contributed by atoms with E-state index in [-0.39, 0.29) is 12.0 Å². The Morgan fingerprint density at radius 3 is 2.93 bits per heavy atom. The Bertz CT molecular complexity index is 307. The van der Waals surface area contributed by atoms with Crippen LogP contribution in [0.1, 0.15) is 28.7 Å². The number of aliphatic hydroxyl groups is 1. The molecule has 3 N–H and O–H groups in total. The molecule has 78 valence electrons. The molecule has 2 nitrogen and oxygen atoms in total. The van der Waals surface area contributed by atoms with Gasteiger partial charge in [-0.15, -0.1) is 11.3 Å². The van der Waals surface area contributed by atoms with E-state index < -0.39 is 0 Å². The van der Waals surface area contributed by atoms with Crippen LogP contribution in [0.5, 0.6) is 0 Å². The second-order valence-electron chi connectivity index (χ2n) is 4.34. The molecule has 1 aromatic rings. The number of fused-ring (bicyclic) bond motifs is 1. The molecule has 0 saturated heterocycles. The third kappa shape index (κ3) is 1.49. The van der Waals surface area contributed by atoms with Crippen molar-refractivity contribution in [3.8, 4) is 0 Å². The summed E-state index contributed by atoms with van der Waals surface area (Å²) in [4.78, 5) is 2.76. The van der Waals surface area contributed by atoms with Gasteiger partial charge < -0.3 is 10.8 Å². The molecule has 1 heterocycles. The second kappa shape index (κ2) is 3.65. The van der Waals surface area contributed by atoms with Crippen molar-refractivity contribution in [2.24, 2.45) is 5.73 Å². The fourth-order valence-corrected chi connectivity index (χ4v) is 3.27. The smallest absolute Gasteiger partial charge is 0.0545 e. The average molecular weight is 211 g/mol. The minimum atomic E-state index is -0.227. The van der Waals surface area contributed by atoms with Crippen LogP contribution >= 0.6 is 11.3 Å². The lowest BCUT2D eigenvalue weighted by Crippen LogP contribution is -2.34. The predicted molar refractivity (Wildman–Crippen MR) is 59.8 cm³/mol. The van der Waals surface area contributed by atoms with Crippen molar-refractivity contribution in [3.05, 3.63) is 21.4 Å². The van der Waals surface area contributed by atoms with Gasteiger partial charge in [-0.3, -0.25) is 0 Å². The number of aryl methyl sites for hydroxylation is 2. The van der Waals surface area contributed by atoms with Crippen molar-refractivity contribution < 1.29 is 5.11 Å². The lowest BCUT2D eigenvalue weighted by atomic mass is 9.89. The maximum Gasteiger partial charge on any atom is 0.0545 e. The molecule has 1 aliphatic rings. The molecule has 1 aliphatic carbocycles. The van der Waals surface area contributed by atoms with E-state index in [0.29, 0.717) is 6.54 Å². The van der Waals surface area contributed by atoms with Gasteiger partial charge in [0.1, 0.15) is 0 Å². The summed E-state index contributed by atoms with van der Waals surface area (Å²) < 4.78 is 0. The van der Waals surface area contributed by atoms with E-state index in [1.807, 2.05) is 18.3 Å². The van der Waals surface area contributed by atoms with Gasteiger partial charge in [0.15, 0.2) is 0 Å². The largest absolute Gasteiger partial charge is 0.395 e. The lowest BCUT2D eigenvalue weighted by Gasteiger charge is -2.23. The molecule has 1 atom stereocenters. The van der Waals surface area contributed by atoms with Crippen molar-refractivity contribution in [1.82, 2.24) is 0 Å². The highest BCUT2D eigenvalue weighted by atomic mass is 32.1. The molecule has 0 radical (unpaired) electrons. The molecule has 0 saturated carbocycles. The van der Waals surface area contributed by atoms with Crippen LogP contribution in [0.4, 0.5) is 0 Å². The molecular weight excluding hydrogens is 194 g/mol. The Morgan fingerprint density at radius 2 is 2.36 bits per heavy atom. The molecule has 3 heteroatoms. The highest BCUT2D eigenvalue weighted by Crippen LogP contribution is 2.36. The summed E-state index contributed by atoms with van der Waals surface area (Å²) >= 11 is 1.84. The number of aliphatic hydroxyl groups excluding tert-OH is 1. The van der Waals surface area contributed by atoms with Crippen LogP contribution in [0.3, 0.4) is 0 Å². The third-order valence-corrected chi connectivity index (χ3v) is 4.68. The molecule has 0 bridgehead atoms. The zero-order valence-electron chi connectivity index (χ0n) is 8.55. The molecule has 0 aliphatic heterocycles. The van der Waals surface area contributed by atoms with Gasteiger partial charge in [0, 0.05) is 21.7 Å². The van der Waals surface area contributed by atoms with Crippen LogP contribution < -0.4 is 5.73 Å². The van der Waals surface area contributed by atoms with Gasteiger partial charge >= 0.3 is 0 Å². The van der Waals surface area contributed by atoms with Crippen molar-refractivity contribution in [2.45, 2.75) is 31.6 Å². The quantitative estimate of drug-likeness (QED) is 0.795. The molecule has 0 fully saturated rings. The predicted octanol–water partition coefficient (Wildman–Crippen LogP) is 1.45. The molecule has 0 spiro atoms. The Morgan fingerprint density at radius 1 is 1.57 bits per heavy atom.